The van der Waals surface area contributed by atoms with Gasteiger partial charge in [-0.25, -0.2) is 0 Å². The molecule has 2 rings (SSSR count). The molecule has 0 aliphatic rings. The minimum Gasteiger partial charge on any atom is -0.326 e. The zero-order valence-electron chi connectivity index (χ0n) is 11.8. The molecule has 20 heavy (non-hydrogen) atoms. The van der Waals surface area contributed by atoms with E-state index in [0.29, 0.717) is 6.42 Å². The molecule has 1 amide bonds. The van der Waals surface area contributed by atoms with Gasteiger partial charge < -0.3 is 11.1 Å². The van der Waals surface area contributed by atoms with Gasteiger partial charge in [-0.2, -0.15) is 5.10 Å². The third-order valence-corrected chi connectivity index (χ3v) is 2.76. The Morgan fingerprint density at radius 2 is 2.05 bits per heavy atom. The molecule has 0 atom stereocenters. The van der Waals surface area contributed by atoms with Crippen LogP contribution in [0.1, 0.15) is 25.8 Å². The van der Waals surface area contributed by atoms with Crippen LogP contribution in [-0.2, 0) is 11.3 Å². The third-order valence-electron chi connectivity index (χ3n) is 2.76. The molecular formula is C15H20N4O. The molecule has 0 aliphatic carbocycles. The highest BCUT2D eigenvalue weighted by molar-refractivity contribution is 5.91. The monoisotopic (exact) mass is 272 g/mol. The standard InChI is InChI=1S/C15H20N4O/c1-15(2,16)10-14(20)18-13-6-4-12(5-7-13)11-19-9-3-8-17-19/h3-9H,10-11,16H2,1-2H3,(H,18,20). The molecule has 0 spiro atoms. The molecule has 0 fully saturated rings. The predicted molar refractivity (Wildman–Crippen MR) is 79.3 cm³/mol. The number of hydrogen-bond donors (Lipinski definition) is 2. The Kier molecular flexibility index (Phi) is 4.20. The van der Waals surface area contributed by atoms with Crippen molar-refractivity contribution in [3.05, 3.63) is 48.3 Å². The summed E-state index contributed by atoms with van der Waals surface area (Å²) in [5, 5.41) is 7.00. The Balaban J connectivity index is 1.93. The molecule has 1 aromatic carbocycles. The summed E-state index contributed by atoms with van der Waals surface area (Å²) >= 11 is 0. The minimum atomic E-state index is -0.496. The molecule has 0 bridgehead atoms. The largest absolute Gasteiger partial charge is 0.326 e. The Morgan fingerprint density at radius 1 is 1.35 bits per heavy atom. The van der Waals surface area contributed by atoms with Crippen molar-refractivity contribution in [2.24, 2.45) is 5.73 Å². The lowest BCUT2D eigenvalue weighted by atomic mass is 10.0. The fraction of sp³-hybridized carbons (Fsp3) is 0.333. The lowest BCUT2D eigenvalue weighted by Crippen LogP contribution is -2.36. The fourth-order valence-corrected chi connectivity index (χ4v) is 1.89. The number of carbonyl (C=O) groups excluding carboxylic acids is 1. The van der Waals surface area contributed by atoms with Crippen molar-refractivity contribution in [1.29, 1.82) is 0 Å². The summed E-state index contributed by atoms with van der Waals surface area (Å²) < 4.78 is 1.85. The van der Waals surface area contributed by atoms with Crippen molar-refractivity contribution >= 4 is 11.6 Å². The van der Waals surface area contributed by atoms with Gasteiger partial charge in [0.15, 0.2) is 0 Å². The summed E-state index contributed by atoms with van der Waals surface area (Å²) in [6.45, 7) is 4.39. The zero-order valence-corrected chi connectivity index (χ0v) is 11.8. The lowest BCUT2D eigenvalue weighted by molar-refractivity contribution is -0.117. The molecule has 3 N–H and O–H groups in total. The highest BCUT2D eigenvalue weighted by Crippen LogP contribution is 2.12. The van der Waals surface area contributed by atoms with Gasteiger partial charge in [-0.15, -0.1) is 0 Å². The number of anilines is 1. The fourth-order valence-electron chi connectivity index (χ4n) is 1.89. The number of benzene rings is 1. The number of amides is 1. The van der Waals surface area contributed by atoms with E-state index in [0.717, 1.165) is 17.8 Å². The second-order valence-electron chi connectivity index (χ2n) is 5.61. The number of carbonyl (C=O) groups is 1. The lowest BCUT2D eigenvalue weighted by Gasteiger charge is -2.17. The first-order valence-electron chi connectivity index (χ1n) is 6.57. The van der Waals surface area contributed by atoms with Crippen LogP contribution in [-0.4, -0.2) is 21.2 Å². The molecule has 5 nitrogen and oxygen atoms in total. The van der Waals surface area contributed by atoms with Gasteiger partial charge in [0.25, 0.3) is 0 Å². The Bertz CT molecular complexity index is 553. The first-order valence-corrected chi connectivity index (χ1v) is 6.57. The highest BCUT2D eigenvalue weighted by Gasteiger charge is 2.16. The summed E-state index contributed by atoms with van der Waals surface area (Å²) in [7, 11) is 0. The zero-order chi connectivity index (χ0) is 14.6. The van der Waals surface area contributed by atoms with Crippen molar-refractivity contribution in [3.8, 4) is 0 Å². The summed E-state index contributed by atoms with van der Waals surface area (Å²) in [6.07, 6.45) is 3.96. The number of nitrogens with two attached hydrogens (primary N) is 1. The molecule has 0 saturated carbocycles. The average Bonchev–Trinajstić information content (AvgIpc) is 2.82. The van der Waals surface area contributed by atoms with E-state index in [-0.39, 0.29) is 5.91 Å². The van der Waals surface area contributed by atoms with Crippen LogP contribution >= 0.6 is 0 Å². The second kappa shape index (κ2) is 5.88. The molecule has 0 saturated heterocycles. The molecular weight excluding hydrogens is 252 g/mol. The van der Waals surface area contributed by atoms with Crippen LogP contribution in [0.5, 0.6) is 0 Å². The Labute approximate surface area is 118 Å². The first kappa shape index (κ1) is 14.3. The van der Waals surface area contributed by atoms with Crippen molar-refractivity contribution in [3.63, 3.8) is 0 Å². The van der Waals surface area contributed by atoms with Crippen molar-refractivity contribution in [1.82, 2.24) is 9.78 Å². The summed E-state index contributed by atoms with van der Waals surface area (Å²) in [6, 6.07) is 9.62. The van der Waals surface area contributed by atoms with Crippen LogP contribution in [0.2, 0.25) is 0 Å². The van der Waals surface area contributed by atoms with Gasteiger partial charge >= 0.3 is 0 Å². The molecule has 1 heterocycles. The Hall–Kier alpha value is -2.14. The van der Waals surface area contributed by atoms with Crippen molar-refractivity contribution in [2.45, 2.75) is 32.4 Å². The van der Waals surface area contributed by atoms with E-state index in [1.807, 2.05) is 55.1 Å². The van der Waals surface area contributed by atoms with Crippen LogP contribution in [0, 0.1) is 0 Å². The van der Waals surface area contributed by atoms with E-state index in [4.69, 9.17) is 5.73 Å². The number of hydrogen-bond acceptors (Lipinski definition) is 3. The van der Waals surface area contributed by atoms with Crippen LogP contribution in [0.4, 0.5) is 5.69 Å². The molecule has 0 unspecified atom stereocenters. The maximum absolute atomic E-state index is 11.8. The number of nitrogens with one attached hydrogen (secondary N) is 1. The minimum absolute atomic E-state index is 0.0719. The van der Waals surface area contributed by atoms with Gasteiger partial charge in [0.2, 0.25) is 5.91 Å². The predicted octanol–water partition coefficient (Wildman–Crippen LogP) is 2.00. The summed E-state index contributed by atoms with van der Waals surface area (Å²) in [5.74, 6) is -0.0719. The van der Waals surface area contributed by atoms with Gasteiger partial charge in [-0.1, -0.05) is 12.1 Å². The smallest absolute Gasteiger partial charge is 0.226 e. The van der Waals surface area contributed by atoms with Gasteiger partial charge in [-0.3, -0.25) is 9.48 Å². The van der Waals surface area contributed by atoms with Crippen LogP contribution in [0.15, 0.2) is 42.7 Å². The molecule has 106 valence electrons. The van der Waals surface area contributed by atoms with E-state index < -0.39 is 5.54 Å². The van der Waals surface area contributed by atoms with Gasteiger partial charge in [-0.05, 0) is 37.6 Å². The van der Waals surface area contributed by atoms with Gasteiger partial charge in [0.1, 0.15) is 0 Å². The summed E-state index contributed by atoms with van der Waals surface area (Å²) in [4.78, 5) is 11.8. The number of nitrogens with zero attached hydrogens (tertiary/aromatic N) is 2. The molecule has 1 aromatic heterocycles. The molecule has 5 heteroatoms. The SMILES string of the molecule is CC(C)(N)CC(=O)Nc1ccc(Cn2cccn2)cc1. The van der Waals surface area contributed by atoms with Crippen LogP contribution < -0.4 is 11.1 Å². The average molecular weight is 272 g/mol. The van der Waals surface area contributed by atoms with Crippen LogP contribution in [0.25, 0.3) is 0 Å². The maximum atomic E-state index is 11.8. The van der Waals surface area contributed by atoms with E-state index in [1.54, 1.807) is 6.20 Å². The van der Waals surface area contributed by atoms with E-state index in [9.17, 15) is 4.79 Å². The molecule has 0 radical (unpaired) electrons. The van der Waals surface area contributed by atoms with Gasteiger partial charge in [0.05, 0.1) is 6.54 Å². The number of rotatable bonds is 5. The van der Waals surface area contributed by atoms with Crippen molar-refractivity contribution in [2.75, 3.05) is 5.32 Å². The quantitative estimate of drug-likeness (QED) is 0.874. The van der Waals surface area contributed by atoms with Crippen molar-refractivity contribution < 1.29 is 4.79 Å². The third kappa shape index (κ3) is 4.51. The molecule has 0 aliphatic heterocycles. The van der Waals surface area contributed by atoms with Crippen LogP contribution in [0.3, 0.4) is 0 Å². The van der Waals surface area contributed by atoms with E-state index >= 15 is 0 Å². The first-order chi connectivity index (χ1) is 9.42. The number of aromatic nitrogens is 2. The topological polar surface area (TPSA) is 72.9 Å². The normalized spacial score (nSPS) is 11.3. The van der Waals surface area contributed by atoms with Gasteiger partial charge in [0, 0.05) is 30.0 Å². The van der Waals surface area contributed by atoms with E-state index in [2.05, 4.69) is 10.4 Å². The highest BCUT2D eigenvalue weighted by atomic mass is 16.1. The van der Waals surface area contributed by atoms with E-state index in [1.165, 1.54) is 0 Å². The summed E-state index contributed by atoms with van der Waals surface area (Å²) in [5.41, 5.74) is 7.23. The second-order valence-corrected chi connectivity index (χ2v) is 5.61. The molecule has 2 aromatic rings. The maximum Gasteiger partial charge on any atom is 0.226 e. The Morgan fingerprint density at radius 3 is 2.60 bits per heavy atom.